The molecule has 0 bridgehead atoms. The molecule has 5 heteroatoms. The van der Waals surface area contributed by atoms with E-state index in [0.717, 1.165) is 46.1 Å². The number of nitrogens with one attached hydrogen (secondary N) is 1. The average molecular weight is 387 g/mol. The topological polar surface area (TPSA) is 68.4 Å². The van der Waals surface area contributed by atoms with Crippen molar-refractivity contribution in [3.8, 4) is 11.3 Å². The van der Waals surface area contributed by atoms with Gasteiger partial charge in [0.1, 0.15) is 5.57 Å². The van der Waals surface area contributed by atoms with Crippen LogP contribution in [0.4, 0.5) is 0 Å². The molecule has 2 fully saturated rings. The third-order valence-corrected chi connectivity index (χ3v) is 5.80. The number of ether oxygens (including phenoxy) is 2. The Morgan fingerprint density at radius 2 is 1.62 bits per heavy atom. The lowest BCUT2D eigenvalue weighted by molar-refractivity contribution is -0.232. The normalized spacial score (nSPS) is 18.2. The lowest BCUT2D eigenvalue weighted by atomic mass is 10.0. The van der Waals surface area contributed by atoms with Gasteiger partial charge in [-0.2, -0.15) is 0 Å². The molecule has 5 rings (SSSR count). The first-order valence-electron chi connectivity index (χ1n) is 9.91. The summed E-state index contributed by atoms with van der Waals surface area (Å²) in [7, 11) is 0. The number of benzene rings is 2. The highest BCUT2D eigenvalue weighted by Gasteiger charge is 2.48. The van der Waals surface area contributed by atoms with E-state index in [0.29, 0.717) is 12.8 Å². The Morgan fingerprint density at radius 3 is 2.31 bits per heavy atom. The van der Waals surface area contributed by atoms with Gasteiger partial charge in [-0.05, 0) is 37.0 Å². The van der Waals surface area contributed by atoms with E-state index < -0.39 is 17.7 Å². The molecule has 1 spiro atoms. The maximum absolute atomic E-state index is 12.7. The summed E-state index contributed by atoms with van der Waals surface area (Å²) in [6, 6.07) is 15.8. The maximum atomic E-state index is 12.7. The highest BCUT2D eigenvalue weighted by Crippen LogP contribution is 2.40. The fourth-order valence-electron chi connectivity index (χ4n) is 4.30. The van der Waals surface area contributed by atoms with E-state index in [1.54, 1.807) is 6.08 Å². The fourth-order valence-corrected chi connectivity index (χ4v) is 4.30. The second-order valence-electron chi connectivity index (χ2n) is 7.73. The van der Waals surface area contributed by atoms with E-state index in [2.05, 4.69) is 4.98 Å². The van der Waals surface area contributed by atoms with Crippen LogP contribution in [0.25, 0.3) is 28.2 Å². The van der Waals surface area contributed by atoms with Crippen molar-refractivity contribution in [3.63, 3.8) is 0 Å². The molecule has 1 saturated carbocycles. The third kappa shape index (κ3) is 2.94. The van der Waals surface area contributed by atoms with Gasteiger partial charge in [0.05, 0.1) is 5.69 Å². The Kier molecular flexibility index (Phi) is 4.05. The molecule has 2 aromatic carbocycles. The SMILES string of the molecule is Cc1cccc2c(C=C3C(=O)OC4(CCCC4)OC3=O)c(-c3ccccc3)[nH]c12. The molecule has 2 heterocycles. The summed E-state index contributed by atoms with van der Waals surface area (Å²) < 4.78 is 11.2. The number of carbonyl (C=O) groups is 2. The molecule has 1 aromatic heterocycles. The molecular weight excluding hydrogens is 366 g/mol. The van der Waals surface area contributed by atoms with E-state index in [9.17, 15) is 9.59 Å². The largest absolute Gasteiger partial charge is 0.419 e. The van der Waals surface area contributed by atoms with Gasteiger partial charge in [0.15, 0.2) is 0 Å². The molecule has 29 heavy (non-hydrogen) atoms. The third-order valence-electron chi connectivity index (χ3n) is 5.80. The number of aromatic amines is 1. The highest BCUT2D eigenvalue weighted by atomic mass is 16.7. The van der Waals surface area contributed by atoms with Crippen molar-refractivity contribution in [2.24, 2.45) is 0 Å². The number of fused-ring (bicyclic) bond motifs is 1. The molecule has 0 atom stereocenters. The average Bonchev–Trinajstić information content (AvgIpc) is 3.31. The van der Waals surface area contributed by atoms with Crippen LogP contribution >= 0.6 is 0 Å². The van der Waals surface area contributed by atoms with E-state index in [4.69, 9.17) is 9.47 Å². The maximum Gasteiger partial charge on any atom is 0.348 e. The van der Waals surface area contributed by atoms with Crippen LogP contribution in [0.1, 0.15) is 36.8 Å². The van der Waals surface area contributed by atoms with Gasteiger partial charge in [-0.25, -0.2) is 9.59 Å². The van der Waals surface area contributed by atoms with Crippen molar-refractivity contribution in [2.75, 3.05) is 0 Å². The van der Waals surface area contributed by atoms with E-state index in [-0.39, 0.29) is 5.57 Å². The molecule has 1 N–H and O–H groups in total. The predicted molar refractivity (Wildman–Crippen MR) is 110 cm³/mol. The Hall–Kier alpha value is -3.34. The number of hydrogen-bond donors (Lipinski definition) is 1. The molecule has 1 aliphatic heterocycles. The minimum absolute atomic E-state index is 0.0675. The first-order chi connectivity index (χ1) is 14.1. The number of rotatable bonds is 2. The summed E-state index contributed by atoms with van der Waals surface area (Å²) in [4.78, 5) is 29.0. The summed E-state index contributed by atoms with van der Waals surface area (Å²) >= 11 is 0. The molecular formula is C24H21NO4. The summed E-state index contributed by atoms with van der Waals surface area (Å²) in [6.07, 6.45) is 4.52. The highest BCUT2D eigenvalue weighted by molar-refractivity contribution is 6.20. The van der Waals surface area contributed by atoms with Gasteiger partial charge in [-0.15, -0.1) is 0 Å². The van der Waals surface area contributed by atoms with Crippen molar-refractivity contribution < 1.29 is 19.1 Å². The molecule has 2 aliphatic rings. The van der Waals surface area contributed by atoms with Crippen molar-refractivity contribution in [1.82, 2.24) is 4.98 Å². The van der Waals surface area contributed by atoms with Crippen LogP contribution < -0.4 is 0 Å². The van der Waals surface area contributed by atoms with Crippen LogP contribution in [-0.2, 0) is 19.1 Å². The molecule has 1 saturated heterocycles. The number of hydrogen-bond acceptors (Lipinski definition) is 4. The quantitative estimate of drug-likeness (QED) is 0.386. The van der Waals surface area contributed by atoms with Crippen LogP contribution in [0.15, 0.2) is 54.1 Å². The minimum atomic E-state index is -1.06. The van der Waals surface area contributed by atoms with E-state index in [1.165, 1.54) is 0 Å². The van der Waals surface area contributed by atoms with Crippen molar-refractivity contribution in [3.05, 3.63) is 65.2 Å². The van der Waals surface area contributed by atoms with Crippen LogP contribution in [-0.4, -0.2) is 22.7 Å². The monoisotopic (exact) mass is 387 g/mol. The Balaban J connectivity index is 1.66. The van der Waals surface area contributed by atoms with Crippen LogP contribution in [0.3, 0.4) is 0 Å². The van der Waals surface area contributed by atoms with E-state index in [1.807, 2.05) is 55.5 Å². The molecule has 5 nitrogen and oxygen atoms in total. The zero-order chi connectivity index (χ0) is 20.0. The van der Waals surface area contributed by atoms with Crippen molar-refractivity contribution in [1.29, 1.82) is 0 Å². The van der Waals surface area contributed by atoms with Gasteiger partial charge < -0.3 is 14.5 Å². The minimum Gasteiger partial charge on any atom is -0.419 e. The molecule has 0 unspecified atom stereocenters. The first kappa shape index (κ1) is 17.7. The lowest BCUT2D eigenvalue weighted by Crippen LogP contribution is -2.44. The molecule has 1 aliphatic carbocycles. The van der Waals surface area contributed by atoms with Gasteiger partial charge in [-0.3, -0.25) is 0 Å². The summed E-state index contributed by atoms with van der Waals surface area (Å²) in [5, 5.41) is 0.943. The molecule has 0 radical (unpaired) electrons. The van der Waals surface area contributed by atoms with Crippen LogP contribution in [0, 0.1) is 6.92 Å². The number of aromatic nitrogens is 1. The molecule has 3 aromatic rings. The number of para-hydroxylation sites is 1. The second-order valence-corrected chi connectivity index (χ2v) is 7.73. The van der Waals surface area contributed by atoms with Crippen LogP contribution in [0.5, 0.6) is 0 Å². The number of H-pyrrole nitrogens is 1. The van der Waals surface area contributed by atoms with Crippen LogP contribution in [0.2, 0.25) is 0 Å². The first-order valence-corrected chi connectivity index (χ1v) is 9.91. The standard InChI is InChI=1S/C24H21NO4/c1-15-8-7-11-17-18(21(25-20(15)17)16-9-3-2-4-10-16)14-19-22(26)28-24(29-23(19)27)12-5-6-13-24/h2-4,7-11,14,25H,5-6,12-13H2,1H3. The summed E-state index contributed by atoms with van der Waals surface area (Å²) in [6.45, 7) is 2.03. The van der Waals surface area contributed by atoms with Gasteiger partial charge in [-0.1, -0.05) is 48.5 Å². The zero-order valence-electron chi connectivity index (χ0n) is 16.2. The van der Waals surface area contributed by atoms with E-state index >= 15 is 0 Å². The molecule has 146 valence electrons. The number of carbonyl (C=O) groups excluding carboxylic acids is 2. The Labute approximate surface area is 168 Å². The fraction of sp³-hybridized carbons (Fsp3) is 0.250. The summed E-state index contributed by atoms with van der Waals surface area (Å²) in [5.74, 6) is -2.28. The lowest BCUT2D eigenvalue weighted by Gasteiger charge is -2.32. The predicted octanol–water partition coefficient (Wildman–Crippen LogP) is 4.90. The summed E-state index contributed by atoms with van der Waals surface area (Å²) in [5.41, 5.74) is 4.60. The van der Waals surface area contributed by atoms with Crippen molar-refractivity contribution >= 4 is 28.9 Å². The second kappa shape index (κ2) is 6.62. The number of esters is 2. The van der Waals surface area contributed by atoms with Gasteiger partial charge in [0.2, 0.25) is 0 Å². The zero-order valence-corrected chi connectivity index (χ0v) is 16.2. The van der Waals surface area contributed by atoms with Crippen molar-refractivity contribution in [2.45, 2.75) is 38.4 Å². The Morgan fingerprint density at radius 1 is 0.931 bits per heavy atom. The number of aryl methyl sites for hydroxylation is 1. The van der Waals surface area contributed by atoms with Gasteiger partial charge in [0, 0.05) is 29.3 Å². The smallest absolute Gasteiger partial charge is 0.348 e. The van der Waals surface area contributed by atoms with Gasteiger partial charge in [0.25, 0.3) is 5.79 Å². The Bertz CT molecular complexity index is 1130. The van der Waals surface area contributed by atoms with Gasteiger partial charge >= 0.3 is 11.9 Å². The molecule has 0 amide bonds.